The highest BCUT2D eigenvalue weighted by Crippen LogP contribution is 2.42. The summed E-state index contributed by atoms with van der Waals surface area (Å²) < 4.78 is 5.22. The van der Waals surface area contributed by atoms with E-state index in [1.54, 1.807) is 6.92 Å². The van der Waals surface area contributed by atoms with Gasteiger partial charge in [0.05, 0.1) is 6.61 Å². The summed E-state index contributed by atoms with van der Waals surface area (Å²) in [6, 6.07) is 0. The van der Waals surface area contributed by atoms with E-state index in [2.05, 4.69) is 41.2 Å². The van der Waals surface area contributed by atoms with Crippen LogP contribution in [0.15, 0.2) is 12.2 Å². The number of rotatable bonds is 7. The molecule has 0 heterocycles. The Morgan fingerprint density at radius 3 is 2.00 bits per heavy atom. The SMILES string of the molecule is C=C(C)C(=O)OCCC(CC)(C(C)C)C(C)C. The fourth-order valence-corrected chi connectivity index (χ4v) is 2.69. The first-order valence-electron chi connectivity index (χ1n) is 6.60. The Morgan fingerprint density at radius 2 is 1.71 bits per heavy atom. The van der Waals surface area contributed by atoms with Gasteiger partial charge >= 0.3 is 5.97 Å². The number of ether oxygens (including phenoxy) is 1. The van der Waals surface area contributed by atoms with Crippen LogP contribution in [-0.4, -0.2) is 12.6 Å². The molecule has 0 fully saturated rings. The van der Waals surface area contributed by atoms with E-state index >= 15 is 0 Å². The molecule has 0 aromatic carbocycles. The standard InChI is InChI=1S/C15H28O2/c1-8-15(12(4)5,13(6)7)9-10-17-14(16)11(2)3/h12-13H,2,8-10H2,1,3-7H3. The maximum absolute atomic E-state index is 11.3. The lowest BCUT2D eigenvalue weighted by Crippen LogP contribution is -2.34. The van der Waals surface area contributed by atoms with E-state index in [1.165, 1.54) is 0 Å². The van der Waals surface area contributed by atoms with Gasteiger partial charge in [0, 0.05) is 5.57 Å². The number of carbonyl (C=O) groups is 1. The lowest BCUT2D eigenvalue weighted by Gasteiger charge is -2.41. The first-order chi connectivity index (χ1) is 7.77. The smallest absolute Gasteiger partial charge is 0.333 e. The van der Waals surface area contributed by atoms with Crippen LogP contribution in [0, 0.1) is 17.3 Å². The van der Waals surface area contributed by atoms with Crippen molar-refractivity contribution < 1.29 is 9.53 Å². The van der Waals surface area contributed by atoms with Crippen molar-refractivity contribution in [2.45, 2.75) is 54.4 Å². The molecule has 0 aromatic rings. The lowest BCUT2D eigenvalue weighted by atomic mass is 9.65. The second-order valence-electron chi connectivity index (χ2n) is 5.56. The summed E-state index contributed by atoms with van der Waals surface area (Å²) in [5, 5.41) is 0. The summed E-state index contributed by atoms with van der Waals surface area (Å²) >= 11 is 0. The van der Waals surface area contributed by atoms with Crippen LogP contribution in [0.3, 0.4) is 0 Å². The van der Waals surface area contributed by atoms with Crippen LogP contribution < -0.4 is 0 Å². The Morgan fingerprint density at radius 1 is 1.24 bits per heavy atom. The highest BCUT2D eigenvalue weighted by molar-refractivity contribution is 5.86. The Kier molecular flexibility index (Phi) is 6.51. The fraction of sp³-hybridized carbons (Fsp3) is 0.800. The molecule has 0 radical (unpaired) electrons. The highest BCUT2D eigenvalue weighted by Gasteiger charge is 2.35. The Balaban J connectivity index is 4.47. The van der Waals surface area contributed by atoms with E-state index in [1.807, 2.05) is 0 Å². The zero-order chi connectivity index (χ0) is 13.6. The number of carbonyl (C=O) groups excluding carboxylic acids is 1. The third kappa shape index (κ3) is 4.18. The molecular formula is C15H28O2. The molecule has 0 saturated carbocycles. The maximum Gasteiger partial charge on any atom is 0.333 e. The van der Waals surface area contributed by atoms with Crippen molar-refractivity contribution in [1.29, 1.82) is 0 Å². The van der Waals surface area contributed by atoms with Crippen molar-refractivity contribution in [2.24, 2.45) is 17.3 Å². The van der Waals surface area contributed by atoms with Crippen LogP contribution in [0.4, 0.5) is 0 Å². The molecule has 0 bridgehead atoms. The van der Waals surface area contributed by atoms with E-state index in [-0.39, 0.29) is 11.4 Å². The fourth-order valence-electron chi connectivity index (χ4n) is 2.69. The van der Waals surface area contributed by atoms with Gasteiger partial charge < -0.3 is 4.74 Å². The van der Waals surface area contributed by atoms with Crippen LogP contribution in [0.25, 0.3) is 0 Å². The van der Waals surface area contributed by atoms with Gasteiger partial charge in [-0.05, 0) is 37.0 Å². The van der Waals surface area contributed by atoms with Crippen molar-refractivity contribution in [3.8, 4) is 0 Å². The maximum atomic E-state index is 11.3. The quantitative estimate of drug-likeness (QED) is 0.492. The van der Waals surface area contributed by atoms with E-state index in [9.17, 15) is 4.79 Å². The van der Waals surface area contributed by atoms with Crippen LogP contribution in [-0.2, 0) is 9.53 Å². The summed E-state index contributed by atoms with van der Waals surface area (Å²) in [6.07, 6.45) is 2.05. The van der Waals surface area contributed by atoms with E-state index < -0.39 is 0 Å². The van der Waals surface area contributed by atoms with Crippen molar-refractivity contribution in [3.05, 3.63) is 12.2 Å². The Hall–Kier alpha value is -0.790. The average Bonchev–Trinajstić information content (AvgIpc) is 2.22. The van der Waals surface area contributed by atoms with Crippen LogP contribution in [0.1, 0.15) is 54.4 Å². The first kappa shape index (κ1) is 16.2. The van der Waals surface area contributed by atoms with E-state index in [0.29, 0.717) is 24.0 Å². The van der Waals surface area contributed by atoms with Gasteiger partial charge in [-0.25, -0.2) is 4.79 Å². The first-order valence-corrected chi connectivity index (χ1v) is 6.60. The van der Waals surface area contributed by atoms with E-state index in [4.69, 9.17) is 4.74 Å². The monoisotopic (exact) mass is 240 g/mol. The molecule has 0 aliphatic rings. The van der Waals surface area contributed by atoms with Crippen molar-refractivity contribution in [3.63, 3.8) is 0 Å². The number of hydrogen-bond acceptors (Lipinski definition) is 2. The molecule has 0 rings (SSSR count). The molecule has 2 nitrogen and oxygen atoms in total. The third-order valence-electron chi connectivity index (χ3n) is 4.11. The summed E-state index contributed by atoms with van der Waals surface area (Å²) in [6.45, 7) is 17.0. The minimum Gasteiger partial charge on any atom is -0.462 e. The zero-order valence-electron chi connectivity index (χ0n) is 12.3. The molecule has 17 heavy (non-hydrogen) atoms. The van der Waals surface area contributed by atoms with Gasteiger partial charge in [0.1, 0.15) is 0 Å². The van der Waals surface area contributed by atoms with Crippen molar-refractivity contribution >= 4 is 5.97 Å². The molecule has 0 atom stereocenters. The zero-order valence-corrected chi connectivity index (χ0v) is 12.3. The van der Waals surface area contributed by atoms with Crippen LogP contribution in [0.2, 0.25) is 0 Å². The topological polar surface area (TPSA) is 26.3 Å². The van der Waals surface area contributed by atoms with Gasteiger partial charge in [-0.3, -0.25) is 0 Å². The van der Waals surface area contributed by atoms with Gasteiger partial charge in [0.25, 0.3) is 0 Å². The molecule has 0 amide bonds. The summed E-state index contributed by atoms with van der Waals surface area (Å²) in [5.41, 5.74) is 0.733. The predicted octanol–water partition coefficient (Wildman–Crippen LogP) is 4.20. The molecule has 0 saturated heterocycles. The molecule has 0 aromatic heterocycles. The van der Waals surface area contributed by atoms with Gasteiger partial charge in [0.15, 0.2) is 0 Å². The summed E-state index contributed by atoms with van der Waals surface area (Å²) in [4.78, 5) is 11.3. The molecule has 100 valence electrons. The summed E-state index contributed by atoms with van der Waals surface area (Å²) in [5.74, 6) is 0.912. The second-order valence-corrected chi connectivity index (χ2v) is 5.56. The number of esters is 1. The molecule has 0 aliphatic heterocycles. The molecule has 0 unspecified atom stereocenters. The van der Waals surface area contributed by atoms with Crippen LogP contribution >= 0.6 is 0 Å². The lowest BCUT2D eigenvalue weighted by molar-refractivity contribution is -0.140. The van der Waals surface area contributed by atoms with Gasteiger partial charge in [-0.15, -0.1) is 0 Å². The Labute approximate surface area is 106 Å². The van der Waals surface area contributed by atoms with E-state index in [0.717, 1.165) is 12.8 Å². The van der Waals surface area contributed by atoms with Crippen molar-refractivity contribution in [1.82, 2.24) is 0 Å². The van der Waals surface area contributed by atoms with Gasteiger partial charge in [-0.1, -0.05) is 41.2 Å². The van der Waals surface area contributed by atoms with Gasteiger partial charge in [-0.2, -0.15) is 0 Å². The highest BCUT2D eigenvalue weighted by atomic mass is 16.5. The van der Waals surface area contributed by atoms with Crippen molar-refractivity contribution in [2.75, 3.05) is 6.61 Å². The minimum atomic E-state index is -0.275. The summed E-state index contributed by atoms with van der Waals surface area (Å²) in [7, 11) is 0. The normalized spacial score (nSPS) is 12.0. The molecule has 2 heteroatoms. The Bertz CT molecular complexity index is 256. The molecular weight excluding hydrogens is 212 g/mol. The minimum absolute atomic E-state index is 0.259. The van der Waals surface area contributed by atoms with Gasteiger partial charge in [0.2, 0.25) is 0 Å². The second kappa shape index (κ2) is 6.83. The predicted molar refractivity (Wildman–Crippen MR) is 72.8 cm³/mol. The number of hydrogen-bond donors (Lipinski definition) is 0. The molecule has 0 N–H and O–H groups in total. The molecule has 0 spiro atoms. The molecule has 0 aliphatic carbocycles. The third-order valence-corrected chi connectivity index (χ3v) is 4.11. The van der Waals surface area contributed by atoms with Crippen LogP contribution in [0.5, 0.6) is 0 Å². The largest absolute Gasteiger partial charge is 0.462 e. The average molecular weight is 240 g/mol.